The van der Waals surface area contributed by atoms with Crippen molar-refractivity contribution in [2.75, 3.05) is 5.43 Å². The number of nitrogens with one attached hydrogen (secondary N) is 1. The average molecular weight is 570 g/mol. The highest BCUT2D eigenvalue weighted by Gasteiger charge is 2.50. The molecule has 1 atom stereocenters. The second-order valence-electron chi connectivity index (χ2n) is 12.5. The van der Waals surface area contributed by atoms with Gasteiger partial charge in [0, 0.05) is 34.4 Å². The van der Waals surface area contributed by atoms with Gasteiger partial charge in [0.05, 0.1) is 10.9 Å². The summed E-state index contributed by atoms with van der Waals surface area (Å²) in [4.78, 5) is 0. The molecule has 44 heavy (non-hydrogen) atoms. The maximum atomic E-state index is 5.89. The van der Waals surface area contributed by atoms with Crippen LogP contribution in [0.2, 0.25) is 0 Å². The first kappa shape index (κ1) is 26.5. The smallest absolute Gasteiger partial charge is 0.0728 e. The monoisotopic (exact) mass is 569 g/mol. The third kappa shape index (κ3) is 3.48. The number of fused-ring (bicyclic) bond motifs is 5. The number of para-hydroxylation sites is 2. The van der Waals surface area contributed by atoms with Gasteiger partial charge in [-0.1, -0.05) is 135 Å². The molecule has 3 heteroatoms. The Labute approximate surface area is 258 Å². The Balaban J connectivity index is 1.61. The molecule has 214 valence electrons. The van der Waals surface area contributed by atoms with Gasteiger partial charge in [-0.2, -0.15) is 0 Å². The van der Waals surface area contributed by atoms with Crippen molar-refractivity contribution in [1.82, 2.24) is 4.57 Å². The SMILES string of the molecule is Cn1c2ccccc2c2cccc(C3(c4ccccc4)c4ccccc4C(C)(C)c4c(-c5cccc(NN)c5)cccc43)c21. The lowest BCUT2D eigenvalue weighted by Crippen LogP contribution is -2.42. The van der Waals surface area contributed by atoms with Crippen LogP contribution in [0.5, 0.6) is 0 Å². The van der Waals surface area contributed by atoms with Gasteiger partial charge in [0.1, 0.15) is 0 Å². The fourth-order valence-corrected chi connectivity index (χ4v) is 8.17. The van der Waals surface area contributed by atoms with E-state index in [-0.39, 0.29) is 5.41 Å². The summed E-state index contributed by atoms with van der Waals surface area (Å²) in [6, 6.07) is 51.2. The van der Waals surface area contributed by atoms with Crippen LogP contribution in [0, 0.1) is 0 Å². The summed E-state index contributed by atoms with van der Waals surface area (Å²) in [6.45, 7) is 4.76. The minimum absolute atomic E-state index is 0.264. The number of rotatable bonds is 4. The Morgan fingerprint density at radius 1 is 0.591 bits per heavy atom. The molecular formula is C41H35N3. The van der Waals surface area contributed by atoms with E-state index in [4.69, 9.17) is 5.84 Å². The number of nitrogens with zero attached hydrogens (tertiary/aromatic N) is 1. The first-order valence-electron chi connectivity index (χ1n) is 15.3. The van der Waals surface area contributed by atoms with Crippen LogP contribution in [0.3, 0.4) is 0 Å². The van der Waals surface area contributed by atoms with Gasteiger partial charge in [-0.3, -0.25) is 5.84 Å². The van der Waals surface area contributed by atoms with Gasteiger partial charge in [0.2, 0.25) is 0 Å². The lowest BCUT2D eigenvalue weighted by Gasteiger charge is -2.49. The largest absolute Gasteiger partial charge is 0.343 e. The molecule has 0 fully saturated rings. The summed E-state index contributed by atoms with van der Waals surface area (Å²) in [5.74, 6) is 5.89. The third-order valence-corrected chi connectivity index (χ3v) is 9.98. The van der Waals surface area contributed by atoms with Crippen LogP contribution in [0.25, 0.3) is 32.9 Å². The van der Waals surface area contributed by atoms with E-state index < -0.39 is 5.41 Å². The van der Waals surface area contributed by atoms with E-state index in [1.165, 1.54) is 60.8 Å². The van der Waals surface area contributed by atoms with Crippen LogP contribution in [-0.2, 0) is 17.9 Å². The zero-order valence-electron chi connectivity index (χ0n) is 25.3. The Bertz CT molecular complexity index is 2210. The highest BCUT2D eigenvalue weighted by atomic mass is 15.2. The Morgan fingerprint density at radius 3 is 2.05 bits per heavy atom. The third-order valence-electron chi connectivity index (χ3n) is 9.98. The van der Waals surface area contributed by atoms with Crippen molar-refractivity contribution < 1.29 is 0 Å². The zero-order valence-corrected chi connectivity index (χ0v) is 25.3. The van der Waals surface area contributed by atoms with Crippen molar-refractivity contribution in [3.63, 3.8) is 0 Å². The molecule has 7 aromatic rings. The maximum absolute atomic E-state index is 5.89. The maximum Gasteiger partial charge on any atom is 0.0728 e. The quantitative estimate of drug-likeness (QED) is 0.164. The summed E-state index contributed by atoms with van der Waals surface area (Å²) >= 11 is 0. The summed E-state index contributed by atoms with van der Waals surface area (Å²) in [5.41, 5.74) is 15.7. The molecule has 0 aliphatic heterocycles. The minimum atomic E-state index is -0.565. The minimum Gasteiger partial charge on any atom is -0.343 e. The van der Waals surface area contributed by atoms with Crippen LogP contribution in [0.1, 0.15) is 47.2 Å². The van der Waals surface area contributed by atoms with Crippen molar-refractivity contribution in [3.05, 3.63) is 173 Å². The molecule has 0 amide bonds. The van der Waals surface area contributed by atoms with Crippen LogP contribution in [0.15, 0.2) is 140 Å². The van der Waals surface area contributed by atoms with Gasteiger partial charge in [-0.15, -0.1) is 0 Å². The van der Waals surface area contributed by atoms with Gasteiger partial charge < -0.3 is 9.99 Å². The number of nitrogen functional groups attached to an aromatic ring is 1. The zero-order chi connectivity index (χ0) is 30.1. The fourth-order valence-electron chi connectivity index (χ4n) is 8.17. The molecule has 1 unspecified atom stereocenters. The van der Waals surface area contributed by atoms with Gasteiger partial charge in [0.15, 0.2) is 0 Å². The Hall–Kier alpha value is -5.12. The second-order valence-corrected chi connectivity index (χ2v) is 12.5. The molecule has 3 N–H and O–H groups in total. The number of hydrogen-bond donors (Lipinski definition) is 2. The van der Waals surface area contributed by atoms with Gasteiger partial charge in [0.25, 0.3) is 0 Å². The standard InChI is InChI=1S/C41H35N3/c1-40(2)33-21-8-9-22-34(33)41(28-15-5-4-6-16-28,35-23-12-19-30(38(35)40)27-14-11-17-29(26-27)43-42)36-24-13-20-32-31-18-7-10-25-37(31)44(3)39(32)36/h4-26,43H,42H2,1-3H3. The summed E-state index contributed by atoms with van der Waals surface area (Å²) < 4.78 is 2.40. The molecule has 1 aromatic heterocycles. The molecule has 6 aromatic carbocycles. The second kappa shape index (κ2) is 9.70. The highest BCUT2D eigenvalue weighted by Crippen LogP contribution is 2.59. The van der Waals surface area contributed by atoms with Crippen LogP contribution >= 0.6 is 0 Å². The van der Waals surface area contributed by atoms with Crippen LogP contribution < -0.4 is 11.3 Å². The van der Waals surface area contributed by atoms with Gasteiger partial charge >= 0.3 is 0 Å². The molecule has 1 heterocycles. The van der Waals surface area contributed by atoms with Gasteiger partial charge in [-0.05, 0) is 62.7 Å². The van der Waals surface area contributed by atoms with Crippen molar-refractivity contribution in [2.45, 2.75) is 24.7 Å². The predicted molar refractivity (Wildman–Crippen MR) is 184 cm³/mol. The van der Waals surface area contributed by atoms with Crippen molar-refractivity contribution in [3.8, 4) is 11.1 Å². The number of aromatic nitrogens is 1. The average Bonchev–Trinajstić information content (AvgIpc) is 3.37. The van der Waals surface area contributed by atoms with E-state index in [1.54, 1.807) is 0 Å². The number of hydrogen-bond acceptors (Lipinski definition) is 2. The number of hydrazine groups is 1. The highest BCUT2D eigenvalue weighted by molar-refractivity contribution is 6.10. The molecule has 1 aliphatic rings. The molecule has 0 saturated heterocycles. The van der Waals surface area contributed by atoms with E-state index in [0.717, 1.165) is 11.3 Å². The number of aryl methyl sites for hydroxylation is 1. The Morgan fingerprint density at radius 2 is 1.23 bits per heavy atom. The lowest BCUT2D eigenvalue weighted by molar-refractivity contribution is 0.561. The van der Waals surface area contributed by atoms with E-state index in [2.05, 4.69) is 164 Å². The molecular weight excluding hydrogens is 534 g/mol. The first-order valence-corrected chi connectivity index (χ1v) is 15.3. The molecule has 0 saturated carbocycles. The first-order chi connectivity index (χ1) is 21.5. The Kier molecular flexibility index (Phi) is 5.84. The van der Waals surface area contributed by atoms with Crippen molar-refractivity contribution in [1.29, 1.82) is 0 Å². The van der Waals surface area contributed by atoms with Crippen molar-refractivity contribution in [2.24, 2.45) is 12.9 Å². The van der Waals surface area contributed by atoms with Gasteiger partial charge in [-0.25, -0.2) is 0 Å². The molecule has 8 rings (SSSR count). The normalized spacial score (nSPS) is 16.9. The van der Waals surface area contributed by atoms with E-state index in [9.17, 15) is 0 Å². The molecule has 0 radical (unpaired) electrons. The molecule has 3 nitrogen and oxygen atoms in total. The van der Waals surface area contributed by atoms with Crippen LogP contribution in [-0.4, -0.2) is 4.57 Å². The predicted octanol–water partition coefficient (Wildman–Crippen LogP) is 9.31. The molecule has 1 aliphatic carbocycles. The van der Waals surface area contributed by atoms with E-state index in [1.807, 2.05) is 6.07 Å². The van der Waals surface area contributed by atoms with Crippen LogP contribution in [0.4, 0.5) is 5.69 Å². The summed E-state index contributed by atoms with van der Waals surface area (Å²) in [6.07, 6.45) is 0. The van der Waals surface area contributed by atoms with E-state index >= 15 is 0 Å². The number of nitrogens with two attached hydrogens (primary N) is 1. The number of benzene rings is 6. The topological polar surface area (TPSA) is 43.0 Å². The molecule has 0 spiro atoms. The molecule has 0 bridgehead atoms. The summed E-state index contributed by atoms with van der Waals surface area (Å²) in [5, 5.41) is 2.55. The lowest BCUT2D eigenvalue weighted by atomic mass is 9.53. The van der Waals surface area contributed by atoms with Crippen molar-refractivity contribution >= 4 is 27.5 Å². The van der Waals surface area contributed by atoms with E-state index in [0.29, 0.717) is 0 Å². The fraction of sp³-hybridized carbons (Fsp3) is 0.122. The summed E-state index contributed by atoms with van der Waals surface area (Å²) in [7, 11) is 2.22. The number of anilines is 1.